The van der Waals surface area contributed by atoms with Crippen LogP contribution in [-0.2, 0) is 0 Å². The minimum atomic E-state index is 0.416. The largest absolute Gasteiger partial charge is 0.454 e. The lowest BCUT2D eigenvalue weighted by Gasteiger charge is -2.11. The minimum Gasteiger partial charge on any atom is -0.454 e. The first kappa shape index (κ1) is 13.8. The number of rotatable bonds is 2. The average Bonchev–Trinajstić information content (AvgIpc) is 2.30. The molecule has 18 heavy (non-hydrogen) atoms. The normalized spacial score (nSPS) is 10.4. The van der Waals surface area contributed by atoms with E-state index < -0.39 is 0 Å². The molecule has 2 N–H and O–H groups in total. The Kier molecular flexibility index (Phi) is 4.28. The van der Waals surface area contributed by atoms with Crippen LogP contribution in [-0.4, -0.2) is 0 Å². The predicted molar refractivity (Wildman–Crippen MR) is 80.1 cm³/mol. The Morgan fingerprint density at radius 2 is 1.67 bits per heavy atom. The maximum absolute atomic E-state index is 6.06. The Labute approximate surface area is 128 Å². The molecule has 0 atom stereocenters. The summed E-state index contributed by atoms with van der Waals surface area (Å²) in [6, 6.07) is 8.21. The molecule has 0 unspecified atom stereocenters. The van der Waals surface area contributed by atoms with E-state index in [4.69, 9.17) is 45.3 Å². The summed E-state index contributed by atoms with van der Waals surface area (Å²) in [6.07, 6.45) is 0. The Morgan fingerprint density at radius 3 is 2.39 bits per heavy atom. The molecule has 0 radical (unpaired) electrons. The number of hydrogen-bond acceptors (Lipinski definition) is 2. The van der Waals surface area contributed by atoms with Crippen LogP contribution in [0.25, 0.3) is 0 Å². The van der Waals surface area contributed by atoms with E-state index in [1.54, 1.807) is 30.3 Å². The monoisotopic (exact) mass is 365 g/mol. The maximum Gasteiger partial charge on any atom is 0.151 e. The second-order valence-corrected chi connectivity index (χ2v) is 5.59. The lowest BCUT2D eigenvalue weighted by Crippen LogP contribution is -1.92. The Morgan fingerprint density at radius 1 is 0.944 bits per heavy atom. The number of nitrogen functional groups attached to an aromatic ring is 1. The average molecular weight is 367 g/mol. The number of benzene rings is 2. The van der Waals surface area contributed by atoms with Crippen LogP contribution in [0.2, 0.25) is 15.1 Å². The molecule has 0 amide bonds. The molecule has 2 aromatic carbocycles. The van der Waals surface area contributed by atoms with Gasteiger partial charge in [0.05, 0.1) is 15.7 Å². The van der Waals surface area contributed by atoms with Gasteiger partial charge in [0.15, 0.2) is 5.75 Å². The molecule has 94 valence electrons. The third kappa shape index (κ3) is 3.04. The Balaban J connectivity index is 2.40. The third-order valence-electron chi connectivity index (χ3n) is 2.17. The molecule has 2 rings (SSSR count). The number of halogens is 4. The van der Waals surface area contributed by atoms with Gasteiger partial charge in [-0.15, -0.1) is 0 Å². The molecule has 0 saturated heterocycles. The Hall–Kier alpha value is -0.610. The van der Waals surface area contributed by atoms with E-state index in [1.165, 1.54) is 0 Å². The molecule has 0 spiro atoms. The van der Waals surface area contributed by atoms with Crippen LogP contribution >= 0.6 is 50.7 Å². The van der Waals surface area contributed by atoms with Crippen molar-refractivity contribution in [3.63, 3.8) is 0 Å². The lowest BCUT2D eigenvalue weighted by molar-refractivity contribution is 0.485. The van der Waals surface area contributed by atoms with Crippen LogP contribution in [0.4, 0.5) is 5.69 Å². The van der Waals surface area contributed by atoms with Gasteiger partial charge in [-0.3, -0.25) is 0 Å². The van der Waals surface area contributed by atoms with Crippen molar-refractivity contribution in [1.29, 1.82) is 0 Å². The highest BCUT2D eigenvalue weighted by atomic mass is 79.9. The molecule has 2 aromatic rings. The number of hydrogen-bond donors (Lipinski definition) is 1. The summed E-state index contributed by atoms with van der Waals surface area (Å²) in [7, 11) is 0. The summed E-state index contributed by atoms with van der Waals surface area (Å²) in [5, 5.41) is 1.44. The van der Waals surface area contributed by atoms with E-state index in [2.05, 4.69) is 15.9 Å². The van der Waals surface area contributed by atoms with E-state index in [0.717, 1.165) is 0 Å². The first-order valence-electron chi connectivity index (χ1n) is 4.85. The van der Waals surface area contributed by atoms with Crippen molar-refractivity contribution in [2.45, 2.75) is 0 Å². The van der Waals surface area contributed by atoms with E-state index in [0.29, 0.717) is 36.7 Å². The highest BCUT2D eigenvalue weighted by Crippen LogP contribution is 2.38. The fourth-order valence-corrected chi connectivity index (χ4v) is 2.29. The summed E-state index contributed by atoms with van der Waals surface area (Å²) in [5.41, 5.74) is 6.25. The molecular weight excluding hydrogens is 360 g/mol. The zero-order valence-corrected chi connectivity index (χ0v) is 12.7. The van der Waals surface area contributed by atoms with Gasteiger partial charge in [-0.1, -0.05) is 34.8 Å². The summed E-state index contributed by atoms with van der Waals surface area (Å²) in [5.74, 6) is 0.849. The van der Waals surface area contributed by atoms with Gasteiger partial charge in [0.25, 0.3) is 0 Å². The SMILES string of the molecule is Nc1ccc(Cl)cc1Oc1cc(Cl)c(Br)cc1Cl. The van der Waals surface area contributed by atoms with Crippen molar-refractivity contribution < 1.29 is 4.74 Å². The number of nitrogens with two attached hydrogens (primary N) is 1. The molecular formula is C12H7BrCl3NO. The van der Waals surface area contributed by atoms with Crippen LogP contribution < -0.4 is 10.5 Å². The van der Waals surface area contributed by atoms with Crippen LogP contribution in [0.5, 0.6) is 11.5 Å². The highest BCUT2D eigenvalue weighted by Gasteiger charge is 2.10. The zero-order valence-electron chi connectivity index (χ0n) is 8.88. The zero-order chi connectivity index (χ0) is 13.3. The summed E-state index contributed by atoms with van der Waals surface area (Å²) < 4.78 is 6.30. The molecule has 0 aliphatic rings. The van der Waals surface area contributed by atoms with Gasteiger partial charge >= 0.3 is 0 Å². The molecule has 0 bridgehead atoms. The maximum atomic E-state index is 6.06. The van der Waals surface area contributed by atoms with Crippen LogP contribution in [0, 0.1) is 0 Å². The summed E-state index contributed by atoms with van der Waals surface area (Å²) in [4.78, 5) is 0. The van der Waals surface area contributed by atoms with Gasteiger partial charge in [-0.25, -0.2) is 0 Å². The van der Waals surface area contributed by atoms with E-state index in [1.807, 2.05) is 0 Å². The summed E-state index contributed by atoms with van der Waals surface area (Å²) >= 11 is 21.2. The molecule has 0 saturated carbocycles. The van der Waals surface area contributed by atoms with E-state index in [9.17, 15) is 0 Å². The third-order valence-corrected chi connectivity index (χ3v) is 3.90. The molecule has 0 aliphatic carbocycles. The smallest absolute Gasteiger partial charge is 0.151 e. The molecule has 6 heteroatoms. The van der Waals surface area contributed by atoms with Crippen molar-refractivity contribution in [2.75, 3.05) is 5.73 Å². The molecule has 0 fully saturated rings. The fraction of sp³-hybridized carbons (Fsp3) is 0. The van der Waals surface area contributed by atoms with Gasteiger partial charge < -0.3 is 10.5 Å². The van der Waals surface area contributed by atoms with Gasteiger partial charge in [0.2, 0.25) is 0 Å². The number of anilines is 1. The van der Waals surface area contributed by atoms with Crippen molar-refractivity contribution >= 4 is 56.4 Å². The molecule has 0 aromatic heterocycles. The van der Waals surface area contributed by atoms with Crippen LogP contribution in [0.15, 0.2) is 34.8 Å². The lowest BCUT2D eigenvalue weighted by atomic mass is 10.3. The van der Waals surface area contributed by atoms with Gasteiger partial charge in [-0.2, -0.15) is 0 Å². The summed E-state index contributed by atoms with van der Waals surface area (Å²) in [6.45, 7) is 0. The van der Waals surface area contributed by atoms with Crippen LogP contribution in [0.1, 0.15) is 0 Å². The van der Waals surface area contributed by atoms with Gasteiger partial charge in [-0.05, 0) is 34.1 Å². The van der Waals surface area contributed by atoms with E-state index >= 15 is 0 Å². The van der Waals surface area contributed by atoms with Crippen molar-refractivity contribution in [2.24, 2.45) is 0 Å². The van der Waals surface area contributed by atoms with E-state index in [-0.39, 0.29) is 0 Å². The quantitative estimate of drug-likeness (QED) is 0.539. The molecule has 0 aliphatic heterocycles. The molecule has 0 heterocycles. The van der Waals surface area contributed by atoms with Gasteiger partial charge in [0.1, 0.15) is 5.75 Å². The minimum absolute atomic E-state index is 0.416. The molecule has 2 nitrogen and oxygen atoms in total. The highest BCUT2D eigenvalue weighted by molar-refractivity contribution is 9.10. The topological polar surface area (TPSA) is 35.2 Å². The predicted octanol–water partition coefficient (Wildman–Crippen LogP) is 5.78. The second kappa shape index (κ2) is 5.57. The fourth-order valence-electron chi connectivity index (χ4n) is 1.30. The van der Waals surface area contributed by atoms with Crippen molar-refractivity contribution in [3.05, 3.63) is 49.9 Å². The standard InChI is InChI=1S/C12H7BrCl3NO/c13-7-4-9(16)11(5-8(7)15)18-12-3-6(14)1-2-10(12)17/h1-5H,17H2. The van der Waals surface area contributed by atoms with Crippen molar-refractivity contribution in [1.82, 2.24) is 0 Å². The first-order valence-corrected chi connectivity index (χ1v) is 6.77. The Bertz CT molecular complexity index is 604. The second-order valence-electron chi connectivity index (χ2n) is 3.48. The van der Waals surface area contributed by atoms with Gasteiger partial charge in [0, 0.05) is 21.6 Å². The first-order chi connectivity index (χ1) is 8.47. The van der Waals surface area contributed by atoms with Crippen molar-refractivity contribution in [3.8, 4) is 11.5 Å². The number of ether oxygens (including phenoxy) is 1. The van der Waals surface area contributed by atoms with Crippen LogP contribution in [0.3, 0.4) is 0 Å².